The highest BCUT2D eigenvalue weighted by Crippen LogP contribution is 2.09. The van der Waals surface area contributed by atoms with E-state index in [2.05, 4.69) is 36.5 Å². The summed E-state index contributed by atoms with van der Waals surface area (Å²) in [5, 5.41) is 0. The summed E-state index contributed by atoms with van der Waals surface area (Å²) < 4.78 is 0.667. The second kappa shape index (κ2) is 5.51. The topological polar surface area (TPSA) is 31.6 Å². The molecule has 0 amide bonds. The van der Waals surface area contributed by atoms with E-state index in [4.69, 9.17) is 12.2 Å². The number of rotatable bonds is 4. The van der Waals surface area contributed by atoms with Crippen LogP contribution in [0.15, 0.2) is 42.2 Å². The molecule has 0 aromatic carbocycles. The number of hydrogen-bond acceptors (Lipinski definition) is 1. The van der Waals surface area contributed by atoms with Crippen molar-refractivity contribution in [2.24, 2.45) is 0 Å². The Bertz CT molecular complexity index is 442. The molecule has 0 aliphatic carbocycles. The lowest BCUT2D eigenvalue weighted by Crippen LogP contribution is -1.88. The van der Waals surface area contributed by atoms with E-state index in [-0.39, 0.29) is 0 Å². The van der Waals surface area contributed by atoms with Crippen LogP contribution in [0.2, 0.25) is 0 Å². The molecule has 0 saturated heterocycles. The molecule has 0 fully saturated rings. The normalized spacial score (nSPS) is 11.2. The molecule has 0 aliphatic rings. The predicted octanol–water partition coefficient (Wildman–Crippen LogP) is 3.69. The molecule has 0 radical (unpaired) electrons. The molecule has 1 rings (SSSR count). The van der Waals surface area contributed by atoms with Crippen LogP contribution in [-0.2, 0) is 6.42 Å². The Hall–Kier alpha value is -1.35. The SMILES string of the molecule is C=C/C=C(\C=C(C)C)Cc1c[nH]c(=S)[nH]1. The molecule has 3 heteroatoms. The van der Waals surface area contributed by atoms with E-state index in [1.165, 1.54) is 11.1 Å². The highest BCUT2D eigenvalue weighted by molar-refractivity contribution is 7.71. The van der Waals surface area contributed by atoms with Crippen LogP contribution in [-0.4, -0.2) is 9.97 Å². The smallest absolute Gasteiger partial charge is 0.174 e. The van der Waals surface area contributed by atoms with Crippen LogP contribution in [0.1, 0.15) is 19.5 Å². The van der Waals surface area contributed by atoms with Gasteiger partial charge in [0.25, 0.3) is 0 Å². The third kappa shape index (κ3) is 4.13. The summed E-state index contributed by atoms with van der Waals surface area (Å²) in [5.41, 5.74) is 3.58. The largest absolute Gasteiger partial charge is 0.337 e. The van der Waals surface area contributed by atoms with Gasteiger partial charge in [-0.1, -0.05) is 30.4 Å². The minimum Gasteiger partial charge on any atom is -0.337 e. The molecular formula is C12H16N2S. The van der Waals surface area contributed by atoms with E-state index in [1.807, 2.05) is 12.3 Å². The second-order valence-corrected chi connectivity index (χ2v) is 4.05. The third-order valence-corrected chi connectivity index (χ3v) is 2.07. The molecule has 1 aromatic rings. The fourth-order valence-corrected chi connectivity index (χ4v) is 1.56. The van der Waals surface area contributed by atoms with E-state index in [9.17, 15) is 0 Å². The van der Waals surface area contributed by atoms with Crippen molar-refractivity contribution in [3.63, 3.8) is 0 Å². The number of allylic oxidation sites excluding steroid dienone is 5. The highest BCUT2D eigenvalue weighted by atomic mass is 32.1. The van der Waals surface area contributed by atoms with Gasteiger partial charge in [-0.3, -0.25) is 0 Å². The van der Waals surface area contributed by atoms with Crippen molar-refractivity contribution < 1.29 is 0 Å². The van der Waals surface area contributed by atoms with Crippen LogP contribution in [0.3, 0.4) is 0 Å². The van der Waals surface area contributed by atoms with E-state index in [0.717, 1.165) is 12.1 Å². The lowest BCUT2D eigenvalue weighted by Gasteiger charge is -2.00. The maximum Gasteiger partial charge on any atom is 0.174 e. The maximum absolute atomic E-state index is 4.97. The Morgan fingerprint density at radius 1 is 1.53 bits per heavy atom. The molecule has 0 spiro atoms. The fourth-order valence-electron chi connectivity index (χ4n) is 1.37. The quantitative estimate of drug-likeness (QED) is 0.588. The highest BCUT2D eigenvalue weighted by Gasteiger charge is 1.97. The van der Waals surface area contributed by atoms with Crippen LogP contribution in [0.4, 0.5) is 0 Å². The molecule has 1 aromatic heterocycles. The van der Waals surface area contributed by atoms with Gasteiger partial charge in [-0.2, -0.15) is 0 Å². The predicted molar refractivity (Wildman–Crippen MR) is 67.4 cm³/mol. The average Bonchev–Trinajstić information content (AvgIpc) is 2.50. The van der Waals surface area contributed by atoms with Crippen molar-refractivity contribution in [3.8, 4) is 0 Å². The first kappa shape index (κ1) is 11.7. The second-order valence-electron chi connectivity index (χ2n) is 3.64. The molecule has 2 nitrogen and oxygen atoms in total. The van der Waals surface area contributed by atoms with Gasteiger partial charge in [0.05, 0.1) is 0 Å². The molecule has 0 saturated carbocycles. The zero-order valence-corrected chi connectivity index (χ0v) is 9.95. The standard InChI is InChI=1S/C12H16N2S/c1-4-5-10(6-9(2)3)7-11-8-13-12(15)14-11/h4-6,8H,1,7H2,2-3H3,(H2,13,14,15)/b10-5+. The minimum atomic E-state index is 0.667. The van der Waals surface area contributed by atoms with Crippen LogP contribution >= 0.6 is 12.2 Å². The van der Waals surface area contributed by atoms with Crippen molar-refractivity contribution in [2.75, 3.05) is 0 Å². The summed E-state index contributed by atoms with van der Waals surface area (Å²) in [7, 11) is 0. The zero-order valence-electron chi connectivity index (χ0n) is 9.13. The van der Waals surface area contributed by atoms with Gasteiger partial charge >= 0.3 is 0 Å². The number of imidazole rings is 1. The zero-order chi connectivity index (χ0) is 11.3. The summed E-state index contributed by atoms with van der Waals surface area (Å²) >= 11 is 4.97. The van der Waals surface area contributed by atoms with Crippen molar-refractivity contribution in [1.29, 1.82) is 0 Å². The Morgan fingerprint density at radius 2 is 2.27 bits per heavy atom. The Morgan fingerprint density at radius 3 is 2.73 bits per heavy atom. The first-order chi connectivity index (χ1) is 7.11. The first-order valence-corrected chi connectivity index (χ1v) is 5.25. The Balaban J connectivity index is 2.85. The summed E-state index contributed by atoms with van der Waals surface area (Å²) in [4.78, 5) is 6.05. The number of H-pyrrole nitrogens is 2. The molecule has 2 N–H and O–H groups in total. The van der Waals surface area contributed by atoms with Crippen molar-refractivity contribution in [2.45, 2.75) is 20.3 Å². The molecule has 0 unspecified atom stereocenters. The summed E-state index contributed by atoms with van der Waals surface area (Å²) in [5.74, 6) is 0. The Kier molecular flexibility index (Phi) is 4.31. The van der Waals surface area contributed by atoms with Crippen molar-refractivity contribution in [3.05, 3.63) is 52.6 Å². The summed E-state index contributed by atoms with van der Waals surface area (Å²) in [6.45, 7) is 7.87. The monoisotopic (exact) mass is 220 g/mol. The molecule has 0 atom stereocenters. The Labute approximate surface area is 95.4 Å². The minimum absolute atomic E-state index is 0.667. The number of aromatic nitrogens is 2. The number of aromatic amines is 2. The molecule has 80 valence electrons. The molecule has 0 bridgehead atoms. The number of nitrogens with one attached hydrogen (secondary N) is 2. The van der Waals surface area contributed by atoms with E-state index in [0.29, 0.717) is 4.77 Å². The van der Waals surface area contributed by atoms with Gasteiger partial charge in [0, 0.05) is 18.3 Å². The molecule has 1 heterocycles. The van der Waals surface area contributed by atoms with E-state index >= 15 is 0 Å². The van der Waals surface area contributed by atoms with Gasteiger partial charge in [0.2, 0.25) is 0 Å². The molecule has 0 aliphatic heterocycles. The van der Waals surface area contributed by atoms with Crippen molar-refractivity contribution >= 4 is 12.2 Å². The maximum atomic E-state index is 4.97. The van der Waals surface area contributed by atoms with Gasteiger partial charge in [0.1, 0.15) is 0 Å². The fraction of sp³-hybridized carbons (Fsp3) is 0.250. The average molecular weight is 220 g/mol. The third-order valence-electron chi connectivity index (χ3n) is 1.85. The number of hydrogen-bond donors (Lipinski definition) is 2. The van der Waals surface area contributed by atoms with Crippen LogP contribution < -0.4 is 0 Å². The summed E-state index contributed by atoms with van der Waals surface area (Å²) in [6.07, 6.45) is 8.70. The van der Waals surface area contributed by atoms with Gasteiger partial charge in [-0.15, -0.1) is 0 Å². The molecular weight excluding hydrogens is 204 g/mol. The van der Waals surface area contributed by atoms with Crippen LogP contribution in [0.25, 0.3) is 0 Å². The first-order valence-electron chi connectivity index (χ1n) is 4.85. The lowest BCUT2D eigenvalue weighted by atomic mass is 10.1. The lowest BCUT2D eigenvalue weighted by molar-refractivity contribution is 1.09. The van der Waals surface area contributed by atoms with Gasteiger partial charge in [-0.05, 0) is 31.6 Å². The van der Waals surface area contributed by atoms with Crippen LogP contribution in [0, 0.1) is 4.77 Å². The summed E-state index contributed by atoms with van der Waals surface area (Å²) in [6, 6.07) is 0. The molecule has 15 heavy (non-hydrogen) atoms. The van der Waals surface area contributed by atoms with Crippen molar-refractivity contribution in [1.82, 2.24) is 9.97 Å². The van der Waals surface area contributed by atoms with Crippen LogP contribution in [0.5, 0.6) is 0 Å². The van der Waals surface area contributed by atoms with E-state index in [1.54, 1.807) is 6.08 Å². The van der Waals surface area contributed by atoms with Gasteiger partial charge < -0.3 is 9.97 Å². The van der Waals surface area contributed by atoms with Gasteiger partial charge in [0.15, 0.2) is 4.77 Å². The van der Waals surface area contributed by atoms with E-state index < -0.39 is 0 Å². The van der Waals surface area contributed by atoms with Gasteiger partial charge in [-0.25, -0.2) is 0 Å².